The van der Waals surface area contributed by atoms with E-state index in [4.69, 9.17) is 0 Å². The van der Waals surface area contributed by atoms with Crippen molar-refractivity contribution in [1.29, 1.82) is 0 Å². The minimum atomic E-state index is -0.494. The number of hydrogen-bond donors (Lipinski definition) is 3. The van der Waals surface area contributed by atoms with Gasteiger partial charge in [-0.2, -0.15) is 0 Å². The first-order valence-electron chi connectivity index (χ1n) is 9.07. The normalized spacial score (nSPS) is 21.9. The lowest BCUT2D eigenvalue weighted by Gasteiger charge is -2.32. The molecule has 0 heterocycles. The zero-order valence-electron chi connectivity index (χ0n) is 16.2. The molecule has 0 spiro atoms. The molecule has 0 radical (unpaired) electrons. The summed E-state index contributed by atoms with van der Waals surface area (Å²) in [4.78, 5) is 16.5. The quantitative estimate of drug-likeness (QED) is 0.330. The van der Waals surface area contributed by atoms with Crippen LogP contribution in [0, 0.1) is 17.3 Å². The van der Waals surface area contributed by atoms with E-state index in [0.29, 0.717) is 12.6 Å². The molecule has 5 nitrogen and oxygen atoms in total. The summed E-state index contributed by atoms with van der Waals surface area (Å²) in [7, 11) is 1.67. The van der Waals surface area contributed by atoms with Gasteiger partial charge in [-0.3, -0.25) is 9.79 Å². The Morgan fingerprint density at radius 2 is 1.79 bits per heavy atom. The highest BCUT2D eigenvalue weighted by molar-refractivity contribution is 14.0. The molecule has 0 aliphatic heterocycles. The maximum atomic E-state index is 11.9. The van der Waals surface area contributed by atoms with Gasteiger partial charge >= 0.3 is 0 Å². The Morgan fingerprint density at radius 3 is 2.25 bits per heavy atom. The van der Waals surface area contributed by atoms with Crippen LogP contribution in [-0.2, 0) is 4.79 Å². The summed E-state index contributed by atoms with van der Waals surface area (Å²) in [6.45, 7) is 11.9. The monoisotopic (exact) mass is 452 g/mol. The standard InChI is InChI=1S/C18H36N4O.HI/c1-7-20-17(21-12-18(4,5)16(23)19-6)22-15-10-8-14(9-11-15)13(2)3;/h13-15H,7-12H2,1-6H3,(H,19,23)(H2,20,21,22);1H. The van der Waals surface area contributed by atoms with E-state index < -0.39 is 5.41 Å². The summed E-state index contributed by atoms with van der Waals surface area (Å²) < 4.78 is 0. The minimum Gasteiger partial charge on any atom is -0.359 e. The molecular formula is C18H37IN4O. The third-order valence-electron chi connectivity index (χ3n) is 4.87. The molecule has 0 aromatic heterocycles. The van der Waals surface area contributed by atoms with Crippen LogP contribution in [0.2, 0.25) is 0 Å². The van der Waals surface area contributed by atoms with E-state index in [2.05, 4.69) is 41.7 Å². The summed E-state index contributed by atoms with van der Waals surface area (Å²) in [6, 6.07) is 0.492. The van der Waals surface area contributed by atoms with E-state index in [1.165, 1.54) is 25.7 Å². The molecule has 0 aromatic carbocycles. The molecule has 142 valence electrons. The number of hydrogen-bond acceptors (Lipinski definition) is 2. The number of nitrogens with one attached hydrogen (secondary N) is 3. The van der Waals surface area contributed by atoms with Crippen LogP contribution < -0.4 is 16.0 Å². The highest BCUT2D eigenvalue weighted by Crippen LogP contribution is 2.29. The number of amides is 1. The Hall–Kier alpha value is -0.530. The fourth-order valence-electron chi connectivity index (χ4n) is 3.13. The SMILES string of the molecule is CCNC(=NCC(C)(C)C(=O)NC)NC1CCC(C(C)C)CC1.I. The lowest BCUT2D eigenvalue weighted by Crippen LogP contribution is -2.46. The molecule has 0 saturated heterocycles. The van der Waals surface area contributed by atoms with Crippen molar-refractivity contribution in [2.75, 3.05) is 20.1 Å². The lowest BCUT2D eigenvalue weighted by molar-refractivity contribution is -0.128. The average molecular weight is 452 g/mol. The van der Waals surface area contributed by atoms with Crippen molar-refractivity contribution < 1.29 is 4.79 Å². The van der Waals surface area contributed by atoms with Crippen LogP contribution >= 0.6 is 24.0 Å². The fraction of sp³-hybridized carbons (Fsp3) is 0.889. The van der Waals surface area contributed by atoms with Crippen molar-refractivity contribution >= 4 is 35.8 Å². The van der Waals surface area contributed by atoms with E-state index in [-0.39, 0.29) is 29.9 Å². The van der Waals surface area contributed by atoms with E-state index in [9.17, 15) is 4.79 Å². The van der Waals surface area contributed by atoms with Gasteiger partial charge in [0.05, 0.1) is 12.0 Å². The third kappa shape index (κ3) is 7.57. The van der Waals surface area contributed by atoms with Crippen LogP contribution in [0.4, 0.5) is 0 Å². The van der Waals surface area contributed by atoms with E-state index in [0.717, 1.165) is 24.3 Å². The van der Waals surface area contributed by atoms with Crippen LogP contribution in [0.3, 0.4) is 0 Å². The Labute approximate surface area is 165 Å². The predicted octanol–water partition coefficient (Wildman–Crippen LogP) is 3.15. The topological polar surface area (TPSA) is 65.5 Å². The van der Waals surface area contributed by atoms with Crippen molar-refractivity contribution in [2.45, 2.75) is 66.3 Å². The second kappa shape index (κ2) is 11.2. The number of carbonyl (C=O) groups excluding carboxylic acids is 1. The average Bonchev–Trinajstić information content (AvgIpc) is 2.52. The second-order valence-electron chi connectivity index (χ2n) is 7.66. The third-order valence-corrected chi connectivity index (χ3v) is 4.87. The molecular weight excluding hydrogens is 415 g/mol. The molecule has 3 N–H and O–H groups in total. The van der Waals surface area contributed by atoms with Crippen molar-refractivity contribution in [1.82, 2.24) is 16.0 Å². The van der Waals surface area contributed by atoms with E-state index in [1.807, 2.05) is 13.8 Å². The Bertz CT molecular complexity index is 402. The summed E-state index contributed by atoms with van der Waals surface area (Å²) in [5.74, 6) is 2.50. The highest BCUT2D eigenvalue weighted by Gasteiger charge is 2.27. The second-order valence-corrected chi connectivity index (χ2v) is 7.66. The van der Waals surface area contributed by atoms with Crippen LogP contribution in [0.1, 0.15) is 60.3 Å². The van der Waals surface area contributed by atoms with Crippen LogP contribution in [0.25, 0.3) is 0 Å². The number of aliphatic imine (C=N–C) groups is 1. The number of rotatable bonds is 6. The van der Waals surface area contributed by atoms with Gasteiger partial charge in [0.2, 0.25) is 5.91 Å². The predicted molar refractivity (Wildman–Crippen MR) is 113 cm³/mol. The van der Waals surface area contributed by atoms with Gasteiger partial charge in [-0.15, -0.1) is 24.0 Å². The zero-order valence-corrected chi connectivity index (χ0v) is 18.6. The molecule has 1 rings (SSSR count). The number of carbonyl (C=O) groups is 1. The van der Waals surface area contributed by atoms with Crippen LogP contribution in [-0.4, -0.2) is 38.0 Å². The van der Waals surface area contributed by atoms with Gasteiger partial charge in [-0.25, -0.2) is 0 Å². The maximum Gasteiger partial charge on any atom is 0.227 e. The summed E-state index contributed by atoms with van der Waals surface area (Å²) in [5, 5.41) is 9.56. The highest BCUT2D eigenvalue weighted by atomic mass is 127. The number of nitrogens with zero attached hydrogens (tertiary/aromatic N) is 1. The Morgan fingerprint density at radius 1 is 1.21 bits per heavy atom. The molecule has 1 amide bonds. The lowest BCUT2D eigenvalue weighted by atomic mass is 9.80. The first kappa shape index (κ1) is 23.5. The van der Waals surface area contributed by atoms with Gasteiger partial charge < -0.3 is 16.0 Å². The molecule has 0 bridgehead atoms. The van der Waals surface area contributed by atoms with Gasteiger partial charge in [0, 0.05) is 19.6 Å². The van der Waals surface area contributed by atoms with Crippen LogP contribution in [0.5, 0.6) is 0 Å². The first-order chi connectivity index (χ1) is 10.8. The van der Waals surface area contributed by atoms with Gasteiger partial charge in [0.15, 0.2) is 5.96 Å². The van der Waals surface area contributed by atoms with Gasteiger partial charge in [0.25, 0.3) is 0 Å². The van der Waals surface area contributed by atoms with Crippen molar-refractivity contribution in [3.05, 3.63) is 0 Å². The number of guanidine groups is 1. The van der Waals surface area contributed by atoms with Gasteiger partial charge in [0.1, 0.15) is 0 Å². The van der Waals surface area contributed by atoms with Crippen LogP contribution in [0.15, 0.2) is 4.99 Å². The molecule has 1 saturated carbocycles. The Kier molecular flexibility index (Phi) is 10.9. The molecule has 1 aliphatic carbocycles. The largest absolute Gasteiger partial charge is 0.359 e. The molecule has 0 aromatic rings. The summed E-state index contributed by atoms with van der Waals surface area (Å²) in [5.41, 5.74) is -0.494. The minimum absolute atomic E-state index is 0. The summed E-state index contributed by atoms with van der Waals surface area (Å²) in [6.07, 6.45) is 4.98. The molecule has 0 atom stereocenters. The van der Waals surface area contributed by atoms with Gasteiger partial charge in [-0.05, 0) is 58.3 Å². The van der Waals surface area contributed by atoms with Crippen molar-refractivity contribution in [3.63, 3.8) is 0 Å². The fourth-order valence-corrected chi connectivity index (χ4v) is 3.13. The molecule has 1 aliphatic rings. The van der Waals surface area contributed by atoms with E-state index >= 15 is 0 Å². The molecule has 0 unspecified atom stereocenters. The maximum absolute atomic E-state index is 11.9. The van der Waals surface area contributed by atoms with E-state index in [1.54, 1.807) is 7.05 Å². The number of halogens is 1. The molecule has 24 heavy (non-hydrogen) atoms. The van der Waals surface area contributed by atoms with Gasteiger partial charge in [-0.1, -0.05) is 13.8 Å². The van der Waals surface area contributed by atoms with Crippen molar-refractivity contribution in [3.8, 4) is 0 Å². The summed E-state index contributed by atoms with van der Waals surface area (Å²) >= 11 is 0. The Balaban J connectivity index is 0.00000529. The molecule has 1 fully saturated rings. The zero-order chi connectivity index (χ0) is 17.5. The first-order valence-corrected chi connectivity index (χ1v) is 9.07. The van der Waals surface area contributed by atoms with Crippen molar-refractivity contribution in [2.24, 2.45) is 22.2 Å². The smallest absolute Gasteiger partial charge is 0.227 e. The molecule has 6 heteroatoms.